The highest BCUT2D eigenvalue weighted by atomic mass is 16.6. The molecule has 1 N–H and O–H groups in total. The maximum atomic E-state index is 12.2. The third kappa shape index (κ3) is 3.09. The number of aromatic hydroxyl groups is 1. The Bertz CT molecular complexity index is 588. The first-order valence-corrected chi connectivity index (χ1v) is 6.67. The summed E-state index contributed by atoms with van der Waals surface area (Å²) in [7, 11) is 1.24. The monoisotopic (exact) mass is 293 g/mol. The van der Waals surface area contributed by atoms with E-state index in [0.29, 0.717) is 18.7 Å². The number of carbonyl (C=O) groups excluding carboxylic acids is 2. The number of hydrogen-bond donors (Lipinski definition) is 1. The largest absolute Gasteiger partial charge is 0.507 e. The van der Waals surface area contributed by atoms with Crippen LogP contribution in [0.15, 0.2) is 12.1 Å². The van der Waals surface area contributed by atoms with Gasteiger partial charge in [-0.05, 0) is 44.9 Å². The van der Waals surface area contributed by atoms with E-state index < -0.39 is 17.7 Å². The molecule has 1 aromatic rings. The van der Waals surface area contributed by atoms with E-state index in [-0.39, 0.29) is 11.3 Å². The molecule has 1 heterocycles. The molecular formula is C15H19NO5. The van der Waals surface area contributed by atoms with Crippen LogP contribution in [0.5, 0.6) is 5.75 Å². The number of carbonyl (C=O) groups is 2. The SMILES string of the molecule is COC(=O)c1cc2c(cc1O)CCN2C(=O)OC(C)(C)C. The molecule has 0 fully saturated rings. The molecule has 1 aliphatic rings. The molecule has 0 spiro atoms. The van der Waals surface area contributed by atoms with Gasteiger partial charge in [0.15, 0.2) is 0 Å². The van der Waals surface area contributed by atoms with Gasteiger partial charge in [-0.3, -0.25) is 4.90 Å². The number of benzene rings is 1. The molecule has 0 radical (unpaired) electrons. The summed E-state index contributed by atoms with van der Waals surface area (Å²) in [5, 5.41) is 9.85. The lowest BCUT2D eigenvalue weighted by Gasteiger charge is -2.25. The topological polar surface area (TPSA) is 76.1 Å². The number of phenols is 1. The summed E-state index contributed by atoms with van der Waals surface area (Å²) < 4.78 is 9.96. The first-order valence-electron chi connectivity index (χ1n) is 6.67. The lowest BCUT2D eigenvalue weighted by Crippen LogP contribution is -2.35. The summed E-state index contributed by atoms with van der Waals surface area (Å²) in [6.45, 7) is 5.82. The van der Waals surface area contributed by atoms with Crippen molar-refractivity contribution in [2.24, 2.45) is 0 Å². The second-order valence-electron chi connectivity index (χ2n) is 5.87. The van der Waals surface area contributed by atoms with Crippen LogP contribution in [0.1, 0.15) is 36.7 Å². The predicted molar refractivity (Wildman–Crippen MR) is 76.7 cm³/mol. The molecule has 6 nitrogen and oxygen atoms in total. The van der Waals surface area contributed by atoms with Crippen molar-refractivity contribution in [2.45, 2.75) is 32.8 Å². The van der Waals surface area contributed by atoms with Crippen molar-refractivity contribution >= 4 is 17.7 Å². The summed E-state index contributed by atoms with van der Waals surface area (Å²) in [5.74, 6) is -0.794. The Labute approximate surface area is 123 Å². The van der Waals surface area contributed by atoms with E-state index in [2.05, 4.69) is 4.74 Å². The fourth-order valence-electron chi connectivity index (χ4n) is 2.20. The third-order valence-electron chi connectivity index (χ3n) is 3.11. The minimum Gasteiger partial charge on any atom is -0.507 e. The molecule has 6 heteroatoms. The molecule has 0 aromatic heterocycles. The Morgan fingerprint density at radius 1 is 1.29 bits per heavy atom. The van der Waals surface area contributed by atoms with E-state index in [4.69, 9.17) is 4.74 Å². The zero-order chi connectivity index (χ0) is 15.8. The van der Waals surface area contributed by atoms with Crippen LogP contribution in [0, 0.1) is 0 Å². The van der Waals surface area contributed by atoms with E-state index in [1.165, 1.54) is 24.1 Å². The maximum absolute atomic E-state index is 12.2. The number of methoxy groups -OCH3 is 1. The standard InChI is InChI=1S/C15H19NO5/c1-15(2,3)21-14(19)16-6-5-9-7-12(17)10(8-11(9)16)13(18)20-4/h7-8,17H,5-6H2,1-4H3. The molecule has 2 rings (SSSR count). The summed E-state index contributed by atoms with van der Waals surface area (Å²) in [4.78, 5) is 25.3. The molecule has 1 aliphatic heterocycles. The quantitative estimate of drug-likeness (QED) is 0.805. The normalized spacial score (nSPS) is 13.8. The Morgan fingerprint density at radius 3 is 2.52 bits per heavy atom. The van der Waals surface area contributed by atoms with Crippen molar-refractivity contribution in [1.29, 1.82) is 0 Å². The second-order valence-corrected chi connectivity index (χ2v) is 5.87. The summed E-state index contributed by atoms with van der Waals surface area (Å²) in [5.41, 5.74) is 0.808. The molecule has 0 saturated heterocycles. The number of nitrogens with zero attached hydrogens (tertiary/aromatic N) is 1. The van der Waals surface area contributed by atoms with Crippen LogP contribution in [-0.2, 0) is 15.9 Å². The van der Waals surface area contributed by atoms with Crippen molar-refractivity contribution in [3.8, 4) is 5.75 Å². The van der Waals surface area contributed by atoms with Crippen LogP contribution in [0.25, 0.3) is 0 Å². The summed E-state index contributed by atoms with van der Waals surface area (Å²) in [6.07, 6.45) is 0.131. The second kappa shape index (κ2) is 5.27. The lowest BCUT2D eigenvalue weighted by atomic mass is 10.1. The average Bonchev–Trinajstić information content (AvgIpc) is 2.77. The molecule has 0 atom stereocenters. The smallest absolute Gasteiger partial charge is 0.414 e. The van der Waals surface area contributed by atoms with Crippen LogP contribution in [0.2, 0.25) is 0 Å². The predicted octanol–water partition coefficient (Wildman–Crippen LogP) is 2.48. The highest BCUT2D eigenvalue weighted by Crippen LogP contribution is 2.35. The van der Waals surface area contributed by atoms with Gasteiger partial charge in [-0.2, -0.15) is 0 Å². The number of amides is 1. The molecule has 114 valence electrons. The van der Waals surface area contributed by atoms with E-state index in [9.17, 15) is 14.7 Å². The van der Waals surface area contributed by atoms with Gasteiger partial charge in [-0.1, -0.05) is 0 Å². The number of fused-ring (bicyclic) bond motifs is 1. The van der Waals surface area contributed by atoms with Gasteiger partial charge in [0, 0.05) is 6.54 Å². The Balaban J connectivity index is 2.35. The fraction of sp³-hybridized carbons (Fsp3) is 0.467. The van der Waals surface area contributed by atoms with E-state index in [1.54, 1.807) is 20.8 Å². The molecule has 0 bridgehead atoms. The Hall–Kier alpha value is -2.24. The first-order chi connectivity index (χ1) is 9.73. The minimum atomic E-state index is -0.647. The van der Waals surface area contributed by atoms with Crippen molar-refractivity contribution in [3.63, 3.8) is 0 Å². The van der Waals surface area contributed by atoms with Gasteiger partial charge in [0.1, 0.15) is 16.9 Å². The molecular weight excluding hydrogens is 274 g/mol. The van der Waals surface area contributed by atoms with Gasteiger partial charge in [0.25, 0.3) is 0 Å². The van der Waals surface area contributed by atoms with E-state index in [0.717, 1.165) is 5.56 Å². The number of anilines is 1. The zero-order valence-electron chi connectivity index (χ0n) is 12.6. The molecule has 21 heavy (non-hydrogen) atoms. The van der Waals surface area contributed by atoms with Crippen molar-refractivity contribution < 1.29 is 24.2 Å². The maximum Gasteiger partial charge on any atom is 0.414 e. The molecule has 0 unspecified atom stereocenters. The van der Waals surface area contributed by atoms with Crippen LogP contribution in [-0.4, -0.2) is 36.4 Å². The molecule has 1 aromatic carbocycles. The van der Waals surface area contributed by atoms with Gasteiger partial charge < -0.3 is 14.6 Å². The van der Waals surface area contributed by atoms with Crippen molar-refractivity contribution in [3.05, 3.63) is 23.3 Å². The Kier molecular flexibility index (Phi) is 3.80. The van der Waals surface area contributed by atoms with Crippen LogP contribution < -0.4 is 4.90 Å². The first kappa shape index (κ1) is 15.2. The number of rotatable bonds is 1. The minimum absolute atomic E-state index is 0.0340. The van der Waals surface area contributed by atoms with Crippen LogP contribution >= 0.6 is 0 Å². The molecule has 0 saturated carbocycles. The van der Waals surface area contributed by atoms with Crippen molar-refractivity contribution in [2.75, 3.05) is 18.6 Å². The Morgan fingerprint density at radius 2 is 1.95 bits per heavy atom. The molecule has 0 aliphatic carbocycles. The van der Waals surface area contributed by atoms with Crippen LogP contribution in [0.3, 0.4) is 0 Å². The number of esters is 1. The van der Waals surface area contributed by atoms with Gasteiger partial charge in [0.05, 0.1) is 12.8 Å². The number of hydrogen-bond acceptors (Lipinski definition) is 5. The van der Waals surface area contributed by atoms with E-state index >= 15 is 0 Å². The highest BCUT2D eigenvalue weighted by molar-refractivity contribution is 5.97. The zero-order valence-corrected chi connectivity index (χ0v) is 12.6. The third-order valence-corrected chi connectivity index (χ3v) is 3.11. The number of ether oxygens (including phenoxy) is 2. The average molecular weight is 293 g/mol. The van der Waals surface area contributed by atoms with Crippen molar-refractivity contribution in [1.82, 2.24) is 0 Å². The van der Waals surface area contributed by atoms with Gasteiger partial charge in [-0.25, -0.2) is 9.59 Å². The fourth-order valence-corrected chi connectivity index (χ4v) is 2.20. The highest BCUT2D eigenvalue weighted by Gasteiger charge is 2.30. The van der Waals surface area contributed by atoms with Gasteiger partial charge >= 0.3 is 12.1 Å². The summed E-state index contributed by atoms with van der Waals surface area (Å²) in [6, 6.07) is 2.96. The summed E-state index contributed by atoms with van der Waals surface area (Å²) >= 11 is 0. The van der Waals surface area contributed by atoms with Gasteiger partial charge in [-0.15, -0.1) is 0 Å². The number of phenolic OH excluding ortho intramolecular Hbond substituents is 1. The van der Waals surface area contributed by atoms with E-state index in [1.807, 2.05) is 0 Å². The van der Waals surface area contributed by atoms with Gasteiger partial charge in [0.2, 0.25) is 0 Å². The lowest BCUT2D eigenvalue weighted by molar-refractivity contribution is 0.0575. The van der Waals surface area contributed by atoms with Crippen LogP contribution in [0.4, 0.5) is 10.5 Å². The molecule has 1 amide bonds.